The van der Waals surface area contributed by atoms with Crippen LogP contribution >= 0.6 is 11.6 Å². The van der Waals surface area contributed by atoms with E-state index in [1.807, 2.05) is 0 Å². The number of carbonyl (C=O) groups is 1. The Morgan fingerprint density at radius 3 is 2.70 bits per heavy atom. The first kappa shape index (κ1) is 19.7. The van der Waals surface area contributed by atoms with Gasteiger partial charge in [-0.05, 0) is 43.5 Å². The number of aryl methyl sites for hydroxylation is 1. The van der Waals surface area contributed by atoms with Gasteiger partial charge in [0.1, 0.15) is 0 Å². The Morgan fingerprint density at radius 1 is 1.26 bits per heavy atom. The molecule has 1 aromatic heterocycles. The lowest BCUT2D eigenvalue weighted by Gasteiger charge is -2.31. The molecular weight excluding hydrogens is 383 g/mol. The summed E-state index contributed by atoms with van der Waals surface area (Å²) in [6.45, 7) is 0. The molecule has 1 aliphatic rings. The average Bonchev–Trinajstić information content (AvgIpc) is 3.09. The molecule has 1 amide bonds. The van der Waals surface area contributed by atoms with Gasteiger partial charge in [0.25, 0.3) is 0 Å². The maximum absolute atomic E-state index is 12.8. The molecule has 1 N–H and O–H groups in total. The third-order valence-corrected chi connectivity index (χ3v) is 4.89. The molecule has 0 spiro atoms. The molecule has 3 rings (SSSR count). The second kappa shape index (κ2) is 8.29. The van der Waals surface area contributed by atoms with Gasteiger partial charge >= 0.3 is 6.18 Å². The van der Waals surface area contributed by atoms with Crippen LogP contribution in [0.25, 0.3) is 11.4 Å². The van der Waals surface area contributed by atoms with Gasteiger partial charge in [-0.15, -0.1) is 0 Å². The van der Waals surface area contributed by atoms with E-state index >= 15 is 0 Å². The van der Waals surface area contributed by atoms with Crippen LogP contribution in [0.1, 0.15) is 38.0 Å². The van der Waals surface area contributed by atoms with Gasteiger partial charge in [-0.2, -0.15) is 18.2 Å². The number of halogens is 4. The summed E-state index contributed by atoms with van der Waals surface area (Å²) < 4.78 is 43.6. The van der Waals surface area contributed by atoms with E-state index in [4.69, 9.17) is 16.1 Å². The van der Waals surface area contributed by atoms with E-state index in [9.17, 15) is 18.0 Å². The van der Waals surface area contributed by atoms with E-state index in [0.717, 1.165) is 5.56 Å². The molecule has 1 aliphatic carbocycles. The van der Waals surface area contributed by atoms with E-state index in [-0.39, 0.29) is 31.6 Å². The minimum absolute atomic E-state index is 0.0590. The minimum Gasteiger partial charge on any atom is -0.353 e. The first-order valence-electron chi connectivity index (χ1n) is 8.76. The van der Waals surface area contributed by atoms with Crippen molar-refractivity contribution in [3.05, 3.63) is 35.2 Å². The van der Waals surface area contributed by atoms with E-state index in [1.165, 1.54) is 0 Å². The Morgan fingerprint density at radius 2 is 2.00 bits per heavy atom. The van der Waals surface area contributed by atoms with Crippen LogP contribution < -0.4 is 5.32 Å². The zero-order valence-electron chi connectivity index (χ0n) is 14.4. The van der Waals surface area contributed by atoms with Gasteiger partial charge in [0, 0.05) is 29.5 Å². The number of alkyl halides is 3. The van der Waals surface area contributed by atoms with E-state index < -0.39 is 18.1 Å². The van der Waals surface area contributed by atoms with Crippen LogP contribution in [0.4, 0.5) is 13.2 Å². The van der Waals surface area contributed by atoms with Gasteiger partial charge < -0.3 is 9.84 Å². The number of nitrogens with one attached hydrogen (secondary N) is 1. The molecule has 0 bridgehead atoms. The van der Waals surface area contributed by atoms with Crippen molar-refractivity contribution in [3.63, 3.8) is 0 Å². The number of benzene rings is 1. The molecule has 0 aliphatic heterocycles. The largest absolute Gasteiger partial charge is 0.391 e. The summed E-state index contributed by atoms with van der Waals surface area (Å²) in [5.74, 6) is -0.960. The summed E-state index contributed by atoms with van der Waals surface area (Å²) in [4.78, 5) is 16.3. The number of amides is 1. The number of hydrogen-bond donors (Lipinski definition) is 1. The topological polar surface area (TPSA) is 68.0 Å². The molecule has 0 unspecified atom stereocenters. The van der Waals surface area contributed by atoms with Crippen LogP contribution in [0.15, 0.2) is 28.8 Å². The van der Waals surface area contributed by atoms with E-state index in [0.29, 0.717) is 29.6 Å². The van der Waals surface area contributed by atoms with Crippen molar-refractivity contribution in [2.45, 2.75) is 50.7 Å². The van der Waals surface area contributed by atoms with Crippen molar-refractivity contribution in [3.8, 4) is 11.4 Å². The fourth-order valence-corrected chi connectivity index (χ4v) is 3.34. The summed E-state index contributed by atoms with van der Waals surface area (Å²) in [6, 6.07) is 6.48. The predicted molar refractivity (Wildman–Crippen MR) is 93.0 cm³/mol. The van der Waals surface area contributed by atoms with E-state index in [2.05, 4.69) is 15.5 Å². The monoisotopic (exact) mass is 401 g/mol. The van der Waals surface area contributed by atoms with Gasteiger partial charge in [0.15, 0.2) is 0 Å². The van der Waals surface area contributed by atoms with Crippen molar-refractivity contribution in [2.24, 2.45) is 5.92 Å². The molecule has 1 saturated carbocycles. The molecule has 0 radical (unpaired) electrons. The molecule has 5 nitrogen and oxygen atoms in total. The SMILES string of the molecule is O=C(CCc1nc(-c2ccc(Cl)cc2)no1)N[C@H]1CCC[C@H](C(F)(F)F)C1. The lowest BCUT2D eigenvalue weighted by Crippen LogP contribution is -2.41. The summed E-state index contributed by atoms with van der Waals surface area (Å²) in [5.41, 5.74) is 0.735. The summed E-state index contributed by atoms with van der Waals surface area (Å²) in [7, 11) is 0. The van der Waals surface area contributed by atoms with Crippen LogP contribution in [0.2, 0.25) is 5.02 Å². The molecule has 1 aromatic carbocycles. The van der Waals surface area contributed by atoms with Crippen LogP contribution in [-0.4, -0.2) is 28.3 Å². The van der Waals surface area contributed by atoms with Crippen molar-refractivity contribution < 1.29 is 22.5 Å². The van der Waals surface area contributed by atoms with Crippen molar-refractivity contribution >= 4 is 17.5 Å². The quantitative estimate of drug-likeness (QED) is 0.797. The lowest BCUT2D eigenvalue weighted by molar-refractivity contribution is -0.184. The molecule has 1 fully saturated rings. The highest BCUT2D eigenvalue weighted by atomic mass is 35.5. The standard InChI is InChI=1S/C18H19ClF3N3O2/c19-13-6-4-11(5-7-13)17-24-16(27-25-17)9-8-15(26)23-14-3-1-2-12(10-14)18(20,21)22/h4-7,12,14H,1-3,8-10H2,(H,23,26)/t12-,14-/m0/s1. The van der Waals surface area contributed by atoms with Gasteiger partial charge in [-0.25, -0.2) is 0 Å². The molecule has 2 aromatic rings. The predicted octanol–water partition coefficient (Wildman–Crippen LogP) is 4.56. The highest BCUT2D eigenvalue weighted by molar-refractivity contribution is 6.30. The second-order valence-corrected chi connectivity index (χ2v) is 7.12. The third kappa shape index (κ3) is 5.45. The Bertz CT molecular complexity index is 777. The molecule has 9 heteroatoms. The van der Waals surface area contributed by atoms with Gasteiger partial charge in [-0.1, -0.05) is 23.2 Å². The summed E-state index contributed by atoms with van der Waals surface area (Å²) >= 11 is 5.83. The first-order valence-corrected chi connectivity index (χ1v) is 9.13. The third-order valence-electron chi connectivity index (χ3n) is 4.64. The highest BCUT2D eigenvalue weighted by Gasteiger charge is 2.42. The van der Waals surface area contributed by atoms with Gasteiger partial charge in [0.2, 0.25) is 17.6 Å². The number of rotatable bonds is 5. The maximum atomic E-state index is 12.8. The zero-order valence-corrected chi connectivity index (χ0v) is 15.2. The van der Waals surface area contributed by atoms with E-state index in [1.54, 1.807) is 24.3 Å². The Kier molecular flexibility index (Phi) is 6.04. The first-order chi connectivity index (χ1) is 12.8. The van der Waals surface area contributed by atoms with Crippen LogP contribution in [0, 0.1) is 5.92 Å². The van der Waals surface area contributed by atoms with Crippen molar-refractivity contribution in [1.82, 2.24) is 15.5 Å². The Labute approximate surface area is 159 Å². The van der Waals surface area contributed by atoms with Crippen molar-refractivity contribution in [1.29, 1.82) is 0 Å². The molecule has 0 saturated heterocycles. The molecule has 2 atom stereocenters. The molecular formula is C18H19ClF3N3O2. The normalized spacial score (nSPS) is 20.4. The van der Waals surface area contributed by atoms with Crippen LogP contribution in [0.5, 0.6) is 0 Å². The lowest BCUT2D eigenvalue weighted by atomic mass is 9.85. The number of hydrogen-bond acceptors (Lipinski definition) is 4. The van der Waals surface area contributed by atoms with Crippen LogP contribution in [0.3, 0.4) is 0 Å². The number of aromatic nitrogens is 2. The fourth-order valence-electron chi connectivity index (χ4n) is 3.21. The highest BCUT2D eigenvalue weighted by Crippen LogP contribution is 2.37. The maximum Gasteiger partial charge on any atom is 0.391 e. The number of carbonyl (C=O) groups excluding carboxylic acids is 1. The second-order valence-electron chi connectivity index (χ2n) is 6.69. The molecule has 1 heterocycles. The van der Waals surface area contributed by atoms with Gasteiger partial charge in [0.05, 0.1) is 5.92 Å². The average molecular weight is 402 g/mol. The summed E-state index contributed by atoms with van der Waals surface area (Å²) in [6.07, 6.45) is -2.80. The summed E-state index contributed by atoms with van der Waals surface area (Å²) in [5, 5.41) is 7.15. The van der Waals surface area contributed by atoms with Gasteiger partial charge in [-0.3, -0.25) is 4.79 Å². The Hall–Kier alpha value is -2.09. The molecule has 146 valence electrons. The Balaban J connectivity index is 1.49. The van der Waals surface area contributed by atoms with Crippen LogP contribution in [-0.2, 0) is 11.2 Å². The van der Waals surface area contributed by atoms with Crippen molar-refractivity contribution in [2.75, 3.05) is 0 Å². The fraction of sp³-hybridized carbons (Fsp3) is 0.500. The smallest absolute Gasteiger partial charge is 0.353 e. The zero-order chi connectivity index (χ0) is 19.4. The molecule has 27 heavy (non-hydrogen) atoms. The number of nitrogens with zero attached hydrogens (tertiary/aromatic N) is 2. The minimum atomic E-state index is -4.20.